The Morgan fingerprint density at radius 3 is 2.78 bits per heavy atom. The average Bonchev–Trinajstić information content (AvgIpc) is 2.64. The number of hydrogen-bond acceptors (Lipinski definition) is 3. The van der Waals surface area contributed by atoms with Gasteiger partial charge >= 0.3 is 0 Å². The van der Waals surface area contributed by atoms with E-state index in [1.54, 1.807) is 11.7 Å². The third-order valence-electron chi connectivity index (χ3n) is 3.42. The van der Waals surface area contributed by atoms with E-state index in [9.17, 15) is 4.79 Å². The Labute approximate surface area is 107 Å². The first kappa shape index (κ1) is 12.7. The minimum atomic E-state index is -0.0223. The summed E-state index contributed by atoms with van der Waals surface area (Å²) in [6.45, 7) is 5.50. The Morgan fingerprint density at radius 1 is 1.56 bits per heavy atom. The highest BCUT2D eigenvalue weighted by atomic mass is 16.2. The van der Waals surface area contributed by atoms with E-state index in [1.807, 2.05) is 11.8 Å². The standard InChI is InChI=1S/C13H20N4O/c1-4-10-11(14)12(16(3)15-10)13(18)17-7-5-9(2)6-8-17/h5H,4,6-8,14H2,1-3H3. The molecule has 2 heterocycles. The molecule has 1 aromatic heterocycles. The first-order valence-electron chi connectivity index (χ1n) is 6.30. The third-order valence-corrected chi connectivity index (χ3v) is 3.42. The van der Waals surface area contributed by atoms with Crippen molar-refractivity contribution in [2.45, 2.75) is 26.7 Å². The van der Waals surface area contributed by atoms with Crippen LogP contribution in [0.1, 0.15) is 36.5 Å². The van der Waals surface area contributed by atoms with Crippen LogP contribution in [0.25, 0.3) is 0 Å². The molecule has 1 aromatic rings. The van der Waals surface area contributed by atoms with Gasteiger partial charge in [0.25, 0.3) is 5.91 Å². The number of aryl methyl sites for hydroxylation is 2. The summed E-state index contributed by atoms with van der Waals surface area (Å²) in [5, 5.41) is 4.29. The van der Waals surface area contributed by atoms with Gasteiger partial charge in [0.05, 0.1) is 11.4 Å². The lowest BCUT2D eigenvalue weighted by Gasteiger charge is -2.25. The topological polar surface area (TPSA) is 64.2 Å². The number of amides is 1. The third kappa shape index (κ3) is 2.12. The molecule has 0 radical (unpaired) electrons. The molecule has 1 aliphatic rings. The number of carbonyl (C=O) groups is 1. The van der Waals surface area contributed by atoms with Crippen molar-refractivity contribution in [3.8, 4) is 0 Å². The summed E-state index contributed by atoms with van der Waals surface area (Å²) in [4.78, 5) is 14.3. The van der Waals surface area contributed by atoms with Crippen molar-refractivity contribution in [1.29, 1.82) is 0 Å². The first-order chi connectivity index (χ1) is 8.54. The van der Waals surface area contributed by atoms with Crippen molar-refractivity contribution in [2.75, 3.05) is 18.8 Å². The van der Waals surface area contributed by atoms with Crippen LogP contribution >= 0.6 is 0 Å². The lowest BCUT2D eigenvalue weighted by Crippen LogP contribution is -2.36. The SMILES string of the molecule is CCc1nn(C)c(C(=O)N2CC=C(C)CC2)c1N. The van der Waals surface area contributed by atoms with Gasteiger partial charge in [0.1, 0.15) is 5.69 Å². The quantitative estimate of drug-likeness (QED) is 0.804. The summed E-state index contributed by atoms with van der Waals surface area (Å²) in [6, 6.07) is 0. The largest absolute Gasteiger partial charge is 0.395 e. The highest BCUT2D eigenvalue weighted by molar-refractivity contribution is 5.98. The van der Waals surface area contributed by atoms with Crippen LogP contribution in [0.4, 0.5) is 5.69 Å². The zero-order chi connectivity index (χ0) is 13.3. The highest BCUT2D eigenvalue weighted by Gasteiger charge is 2.24. The van der Waals surface area contributed by atoms with Gasteiger partial charge < -0.3 is 10.6 Å². The molecule has 0 unspecified atom stereocenters. The van der Waals surface area contributed by atoms with Crippen LogP contribution in [-0.4, -0.2) is 33.7 Å². The predicted molar refractivity (Wildman–Crippen MR) is 71.3 cm³/mol. The molecule has 2 N–H and O–H groups in total. The molecule has 1 aliphatic heterocycles. The minimum Gasteiger partial charge on any atom is -0.395 e. The molecule has 0 atom stereocenters. The second-order valence-electron chi connectivity index (χ2n) is 4.74. The van der Waals surface area contributed by atoms with Crippen LogP contribution in [0.5, 0.6) is 0 Å². The molecular formula is C13H20N4O. The molecule has 98 valence electrons. The molecule has 2 rings (SSSR count). The molecule has 0 fully saturated rings. The van der Waals surface area contributed by atoms with Gasteiger partial charge in [-0.15, -0.1) is 0 Å². The molecular weight excluding hydrogens is 228 g/mol. The predicted octanol–water partition coefficient (Wildman–Crippen LogP) is 1.36. The highest BCUT2D eigenvalue weighted by Crippen LogP contribution is 2.20. The molecule has 0 aliphatic carbocycles. The first-order valence-corrected chi connectivity index (χ1v) is 6.30. The number of nitrogen functional groups attached to an aromatic ring is 1. The zero-order valence-electron chi connectivity index (χ0n) is 11.2. The van der Waals surface area contributed by atoms with Crippen LogP contribution < -0.4 is 5.73 Å². The smallest absolute Gasteiger partial charge is 0.274 e. The van der Waals surface area contributed by atoms with Crippen molar-refractivity contribution in [3.63, 3.8) is 0 Å². The van der Waals surface area contributed by atoms with Crippen LogP contribution in [0.2, 0.25) is 0 Å². The number of aromatic nitrogens is 2. The van der Waals surface area contributed by atoms with Crippen molar-refractivity contribution >= 4 is 11.6 Å². The van der Waals surface area contributed by atoms with Crippen molar-refractivity contribution in [1.82, 2.24) is 14.7 Å². The van der Waals surface area contributed by atoms with E-state index in [0.717, 1.165) is 25.1 Å². The maximum atomic E-state index is 12.4. The van der Waals surface area contributed by atoms with Gasteiger partial charge in [-0.25, -0.2) is 0 Å². The maximum absolute atomic E-state index is 12.4. The van der Waals surface area contributed by atoms with Gasteiger partial charge in [0.15, 0.2) is 0 Å². The molecule has 0 aromatic carbocycles. The van der Waals surface area contributed by atoms with E-state index < -0.39 is 0 Å². The van der Waals surface area contributed by atoms with E-state index in [1.165, 1.54) is 5.57 Å². The number of hydrogen-bond donors (Lipinski definition) is 1. The number of rotatable bonds is 2. The molecule has 5 nitrogen and oxygen atoms in total. The van der Waals surface area contributed by atoms with Gasteiger partial charge in [0, 0.05) is 20.1 Å². The van der Waals surface area contributed by atoms with Crippen LogP contribution in [0.15, 0.2) is 11.6 Å². The fourth-order valence-electron chi connectivity index (χ4n) is 2.22. The fraction of sp³-hybridized carbons (Fsp3) is 0.538. The van der Waals surface area contributed by atoms with E-state index in [0.29, 0.717) is 17.9 Å². The van der Waals surface area contributed by atoms with Crippen molar-refractivity contribution < 1.29 is 4.79 Å². The van der Waals surface area contributed by atoms with Gasteiger partial charge in [-0.3, -0.25) is 9.48 Å². The second kappa shape index (κ2) is 4.84. The van der Waals surface area contributed by atoms with Gasteiger partial charge in [-0.1, -0.05) is 18.6 Å². The van der Waals surface area contributed by atoms with Crippen LogP contribution in [0, 0.1) is 0 Å². The summed E-state index contributed by atoms with van der Waals surface area (Å²) in [5.41, 5.74) is 9.18. The van der Waals surface area contributed by atoms with E-state index in [2.05, 4.69) is 18.1 Å². The Bertz CT molecular complexity index is 501. The number of nitrogens with zero attached hydrogens (tertiary/aromatic N) is 3. The molecule has 0 bridgehead atoms. The van der Waals surface area contributed by atoms with E-state index in [-0.39, 0.29) is 5.91 Å². The van der Waals surface area contributed by atoms with Crippen molar-refractivity contribution in [3.05, 3.63) is 23.0 Å². The Morgan fingerprint density at radius 2 is 2.28 bits per heavy atom. The van der Waals surface area contributed by atoms with Crippen LogP contribution in [-0.2, 0) is 13.5 Å². The summed E-state index contributed by atoms with van der Waals surface area (Å²) in [7, 11) is 1.77. The Kier molecular flexibility index (Phi) is 3.41. The molecule has 0 saturated heterocycles. The fourth-order valence-corrected chi connectivity index (χ4v) is 2.22. The monoisotopic (exact) mass is 248 g/mol. The molecule has 1 amide bonds. The molecule has 0 spiro atoms. The number of carbonyl (C=O) groups excluding carboxylic acids is 1. The van der Waals surface area contributed by atoms with Gasteiger partial charge in [-0.2, -0.15) is 5.10 Å². The Balaban J connectivity index is 2.27. The lowest BCUT2D eigenvalue weighted by molar-refractivity contribution is 0.0759. The normalized spacial score (nSPS) is 15.7. The zero-order valence-corrected chi connectivity index (χ0v) is 11.2. The summed E-state index contributed by atoms with van der Waals surface area (Å²) in [6.07, 6.45) is 3.77. The van der Waals surface area contributed by atoms with Gasteiger partial charge in [0.2, 0.25) is 0 Å². The molecule has 5 heteroatoms. The summed E-state index contributed by atoms with van der Waals surface area (Å²) >= 11 is 0. The lowest BCUT2D eigenvalue weighted by atomic mass is 10.1. The maximum Gasteiger partial charge on any atom is 0.274 e. The number of anilines is 1. The molecule has 18 heavy (non-hydrogen) atoms. The van der Waals surface area contributed by atoms with E-state index >= 15 is 0 Å². The average molecular weight is 248 g/mol. The van der Waals surface area contributed by atoms with E-state index in [4.69, 9.17) is 5.73 Å². The van der Waals surface area contributed by atoms with Crippen LogP contribution in [0.3, 0.4) is 0 Å². The summed E-state index contributed by atoms with van der Waals surface area (Å²) in [5.74, 6) is -0.0223. The molecule has 0 saturated carbocycles. The number of nitrogens with two attached hydrogens (primary N) is 1. The van der Waals surface area contributed by atoms with Crippen molar-refractivity contribution in [2.24, 2.45) is 7.05 Å². The second-order valence-corrected chi connectivity index (χ2v) is 4.74. The summed E-state index contributed by atoms with van der Waals surface area (Å²) < 4.78 is 1.60. The van der Waals surface area contributed by atoms with Gasteiger partial charge in [-0.05, 0) is 19.8 Å². The Hall–Kier alpha value is -1.78. The minimum absolute atomic E-state index is 0.0223.